The number of sulfonamides is 2. The number of hydrogen-bond donors (Lipinski definition) is 8. The van der Waals surface area contributed by atoms with Crippen LogP contribution in [0, 0.1) is 39.7 Å². The summed E-state index contributed by atoms with van der Waals surface area (Å²) < 4.78 is 77.3. The Morgan fingerprint density at radius 2 is 1.36 bits per heavy atom. The van der Waals surface area contributed by atoms with Crippen molar-refractivity contribution < 1.29 is 64.5 Å². The minimum atomic E-state index is -3.97. The van der Waals surface area contributed by atoms with E-state index in [1.165, 1.54) is 49.4 Å². The number of para-hydroxylation sites is 3. The number of hydrazone groups is 1. The van der Waals surface area contributed by atoms with Gasteiger partial charge in [-0.15, -0.1) is 6.58 Å². The Balaban J connectivity index is 0.000000186. The molecule has 4 aliphatic heterocycles. The number of aryl methyl sites for hydroxylation is 4. The third-order valence-corrected chi connectivity index (χ3v) is 28.3. The maximum atomic E-state index is 13.6. The molecular weight excluding hydrogens is 1980 g/mol. The van der Waals surface area contributed by atoms with Crippen LogP contribution in [0.3, 0.4) is 0 Å². The number of unbranched alkanes of at least 4 members (excludes halogenated alkanes) is 2. The number of benzene rings is 8. The molecule has 3 saturated heterocycles. The molecule has 718 valence electrons. The van der Waals surface area contributed by atoms with Crippen LogP contribution in [0.4, 0.5) is 21.0 Å². The number of hydrogen-bond acceptors (Lipinski definition) is 20. The Hall–Kier alpha value is -10.3. The van der Waals surface area contributed by atoms with Crippen molar-refractivity contribution in [3.05, 3.63) is 263 Å². The number of carbonyl (C=O) groups is 5. The number of anilines is 2. The van der Waals surface area contributed by atoms with Crippen molar-refractivity contribution in [3.8, 4) is 17.2 Å². The summed E-state index contributed by atoms with van der Waals surface area (Å²) in [5.74, 6) is 3.83. The number of likely N-dealkylation sites (N-methyl/N-ethyl adjacent to an activating group) is 2. The molecule has 5 aliphatic rings. The number of ketones is 1. The number of furan rings is 1. The first-order chi connectivity index (χ1) is 64.5. The summed E-state index contributed by atoms with van der Waals surface area (Å²) >= 11 is 10.5. The van der Waals surface area contributed by atoms with E-state index in [2.05, 4.69) is 149 Å². The number of amides is 6. The smallest absolute Gasteiger partial charge is 0.328 e. The number of aromatic nitrogens is 1. The molecule has 0 spiro atoms. The summed E-state index contributed by atoms with van der Waals surface area (Å²) in [6, 6.07) is 49.6. The van der Waals surface area contributed by atoms with E-state index in [0.29, 0.717) is 72.0 Å². The lowest BCUT2D eigenvalue weighted by Crippen LogP contribution is -2.54. The fourth-order valence-electron chi connectivity index (χ4n) is 16.0. The van der Waals surface area contributed by atoms with Crippen molar-refractivity contribution in [2.45, 2.75) is 174 Å². The molecule has 1 saturated carbocycles. The van der Waals surface area contributed by atoms with Crippen molar-refractivity contribution in [2.24, 2.45) is 16.9 Å². The number of nitrogens with zero attached hydrogens (tertiary/aromatic N) is 5. The zero-order valence-electron chi connectivity index (χ0n) is 78.6. The molecule has 6 amide bonds. The second-order valence-electron chi connectivity index (χ2n) is 33.0. The number of nitrogens with one attached hydrogen (secondary N) is 7. The average Bonchev–Trinajstić information content (AvgIpc) is 1.25. The number of rotatable bonds is 33. The summed E-state index contributed by atoms with van der Waals surface area (Å²) in [6.07, 6.45) is 21.3. The van der Waals surface area contributed by atoms with Crippen LogP contribution >= 0.6 is 56.8 Å². The molecule has 5 atom stereocenters. The van der Waals surface area contributed by atoms with Gasteiger partial charge in [0, 0.05) is 84.1 Å². The molecule has 1 unspecified atom stereocenters. The lowest BCUT2D eigenvalue weighted by molar-refractivity contribution is -0.117. The normalized spacial score (nSPS) is 15.5. The maximum Gasteiger partial charge on any atom is 0.328 e. The van der Waals surface area contributed by atoms with Crippen LogP contribution in [-0.2, 0) is 37.7 Å². The number of halogens is 3. The van der Waals surface area contributed by atoms with E-state index in [9.17, 15) is 45.9 Å². The second-order valence-corrected chi connectivity index (χ2v) is 39.1. The molecule has 8 N–H and O–H groups in total. The third kappa shape index (κ3) is 31.9. The highest BCUT2D eigenvalue weighted by molar-refractivity contribution is 14.1. The molecule has 1 aliphatic carbocycles. The molecule has 2 bridgehead atoms. The fourth-order valence-corrected chi connectivity index (χ4v) is 20.1. The first-order valence-electron chi connectivity index (χ1n) is 45.9. The SMILES string of the molecule is C1=Cc2ccccc2NN=C1.C=C[C@H]1CN2CC[C@H]1C[C@@H]2[C@@H](O)c1ccnc2ccc(OC)cc12.CCCCNC(=O)NS(=O)(=O)c1ccc(C)cc1.CCCCc1oc2ccccc2c1C(=O)c1cc(I)c(OCCN(CC)CC)c(I)c1.CCN(CC)CC(=O)Nc1c(C)cccc1C.COc1ccc(Cl)cc1C(=O)NCCc1ccc(S(=O)(=O)NC(=O)NC2CCCCC2)cc1. The van der Waals surface area contributed by atoms with Crippen LogP contribution in [0.2, 0.25) is 5.02 Å². The number of ether oxygens (including phenoxy) is 3. The molecule has 26 nitrogen and oxygen atoms in total. The monoisotopic (exact) mass is 2110 g/mol. The fraction of sp³-hybridized carbons (Fsp3) is 0.388. The Kier molecular flexibility index (Phi) is 43.6. The largest absolute Gasteiger partial charge is 0.497 e. The van der Waals surface area contributed by atoms with Crippen LogP contribution in [0.15, 0.2) is 214 Å². The highest BCUT2D eigenvalue weighted by Crippen LogP contribution is 2.43. The number of aliphatic hydroxyl groups excluding tert-OH is 1. The number of carbonyl (C=O) groups excluding carboxylic acids is 5. The molecule has 2 aromatic heterocycles. The van der Waals surface area contributed by atoms with Gasteiger partial charge >= 0.3 is 12.1 Å². The summed E-state index contributed by atoms with van der Waals surface area (Å²) in [6.45, 7) is 31.2. The van der Waals surface area contributed by atoms with Gasteiger partial charge in [0.25, 0.3) is 26.0 Å². The number of fused-ring (bicyclic) bond motifs is 6. The van der Waals surface area contributed by atoms with Crippen molar-refractivity contribution in [1.82, 2.24) is 45.1 Å². The number of pyridine rings is 1. The molecular formula is C103H129ClI2N12O14S2. The van der Waals surface area contributed by atoms with E-state index in [1.807, 2.05) is 148 Å². The lowest BCUT2D eigenvalue weighted by Gasteiger charge is -2.50. The first kappa shape index (κ1) is 107. The first-order valence-corrected chi connectivity index (χ1v) is 51.4. The highest BCUT2D eigenvalue weighted by Gasteiger charge is 2.42. The van der Waals surface area contributed by atoms with E-state index in [1.54, 1.807) is 55.9 Å². The highest BCUT2D eigenvalue weighted by atomic mass is 127. The predicted octanol–water partition coefficient (Wildman–Crippen LogP) is 20.2. The number of allylic oxidation sites excluding steroid dienone is 1. The lowest BCUT2D eigenvalue weighted by atomic mass is 9.73. The van der Waals surface area contributed by atoms with Gasteiger partial charge in [-0.2, -0.15) is 5.10 Å². The van der Waals surface area contributed by atoms with Gasteiger partial charge in [-0.25, -0.2) is 35.9 Å². The Morgan fingerprint density at radius 1 is 0.701 bits per heavy atom. The number of methoxy groups -OCH3 is 2. The van der Waals surface area contributed by atoms with Gasteiger partial charge in [0.1, 0.15) is 35.2 Å². The van der Waals surface area contributed by atoms with Gasteiger partial charge in [0.2, 0.25) is 5.91 Å². The third-order valence-electron chi connectivity index (χ3n) is 23.8. The summed E-state index contributed by atoms with van der Waals surface area (Å²) in [5.41, 5.74) is 14.4. The molecule has 10 aromatic rings. The van der Waals surface area contributed by atoms with E-state index in [-0.39, 0.29) is 39.5 Å². The van der Waals surface area contributed by atoms with E-state index < -0.39 is 38.2 Å². The van der Waals surface area contributed by atoms with Crippen molar-refractivity contribution in [3.63, 3.8) is 0 Å². The maximum absolute atomic E-state index is 13.6. The van der Waals surface area contributed by atoms with Gasteiger partial charge in [0.15, 0.2) is 5.78 Å². The number of aliphatic hydroxyl groups is 1. The average molecular weight is 2110 g/mol. The number of urea groups is 2. The van der Waals surface area contributed by atoms with Crippen LogP contribution < -0.4 is 50.3 Å². The Morgan fingerprint density at radius 3 is 2.00 bits per heavy atom. The molecule has 134 heavy (non-hydrogen) atoms. The van der Waals surface area contributed by atoms with Crippen LogP contribution in [-0.4, -0.2) is 176 Å². The second kappa shape index (κ2) is 54.4. The van der Waals surface area contributed by atoms with E-state index in [0.717, 1.165) is 202 Å². The number of piperidine rings is 3. The molecule has 4 fully saturated rings. The van der Waals surface area contributed by atoms with Crippen LogP contribution in [0.25, 0.3) is 27.9 Å². The molecule has 0 radical (unpaired) electrons. The minimum absolute atomic E-state index is 0.00209. The predicted molar refractivity (Wildman–Crippen MR) is 554 cm³/mol. The molecule has 15 rings (SSSR count). The van der Waals surface area contributed by atoms with Crippen molar-refractivity contribution in [1.29, 1.82) is 0 Å². The Bertz CT molecular complexity index is 5810. The van der Waals surface area contributed by atoms with Gasteiger partial charge in [-0.05, 0) is 280 Å². The zero-order chi connectivity index (χ0) is 96.9. The van der Waals surface area contributed by atoms with Crippen LogP contribution in [0.1, 0.15) is 184 Å². The van der Waals surface area contributed by atoms with Gasteiger partial charge in [-0.1, -0.05) is 182 Å². The molecule has 31 heteroatoms. The summed E-state index contributed by atoms with van der Waals surface area (Å²) in [4.78, 5) is 72.7. The standard InChI is InChI=1S/C25H29I2NO3.C23H28ClN3O5S.C20H24N2O2.C14H22N2O.C12H18N2O3S.C9H8N2/c1-4-7-11-22-23(18-10-8-9-12-21(18)31-22)24(29)17-15-19(26)25(20(27)16-17)30-14-13-28(5-2)6-3;1-32-21-12-9-17(24)15-20(21)22(28)25-14-13-16-7-10-19(11-8-16)33(30,31)27-23(29)26-18-5-3-2-4-6-18;1-3-13-12-22-9-7-14(13)10-19(22)20(23)16-6-8-21-18-5-4-15(24-2)11-17(16)18;1-5-16(6-2)10-13(17)15-14-11(3)8-7-9-12(14)4;1-3-4-9-13-12(15)14-18(16,17)11-7-5-10(2)6-8-11;1-2-6-9-8(4-1)5-3-7-10-11-9/h8-10,12,15-16H,4-7,11,13-14H2,1-3H3;7-12,15,18H,2-6,13-14H2,1H3,(H,25,28)(H2,26,27,29);3-6,8,11,13-14,19-20,23H,1,7,9-10,12H2,2H3;7-9H,5-6,10H2,1-4H3,(H,15,17);5-8H,3-4,9H2,1-2H3,(H2,13,14,15);1-7,11H/t;;13-,14-,19+,20-;;;/m..0.../s1. The van der Waals surface area contributed by atoms with Crippen molar-refractivity contribution in [2.75, 3.05) is 97.0 Å². The topological polar surface area (TPSA) is 334 Å². The van der Waals surface area contributed by atoms with Gasteiger partial charge < -0.3 is 49.9 Å². The van der Waals surface area contributed by atoms with Gasteiger partial charge in [-0.3, -0.25) is 34.6 Å². The Labute approximate surface area is 822 Å². The van der Waals surface area contributed by atoms with E-state index in [4.69, 9.17) is 30.2 Å². The quantitative estimate of drug-likeness (QED) is 0.00820. The van der Waals surface area contributed by atoms with Gasteiger partial charge in [0.05, 0.1) is 66.1 Å². The van der Waals surface area contributed by atoms with Crippen LogP contribution in [0.5, 0.6) is 17.2 Å². The molecule has 8 aromatic carbocycles. The zero-order valence-corrected chi connectivity index (χ0v) is 85.3. The summed E-state index contributed by atoms with van der Waals surface area (Å²) in [5, 5.41) is 28.4. The minimum Gasteiger partial charge on any atom is -0.497 e. The van der Waals surface area contributed by atoms with Crippen molar-refractivity contribution >= 4 is 152 Å². The summed E-state index contributed by atoms with van der Waals surface area (Å²) in [7, 11) is -4.60. The molecule has 6 heterocycles. The van der Waals surface area contributed by atoms with E-state index >= 15 is 0 Å².